The van der Waals surface area contributed by atoms with Crippen LogP contribution in [0.5, 0.6) is 0 Å². The maximum Gasteiger partial charge on any atom is 0.272 e. The summed E-state index contributed by atoms with van der Waals surface area (Å²) >= 11 is 0. The number of nitrogens with zero attached hydrogens (tertiary/aromatic N) is 4. The molecule has 0 aromatic carbocycles. The first kappa shape index (κ1) is 13.0. The summed E-state index contributed by atoms with van der Waals surface area (Å²) < 4.78 is 1.75. The van der Waals surface area contributed by atoms with Gasteiger partial charge in [-0.3, -0.25) is 9.48 Å². The highest BCUT2D eigenvalue weighted by molar-refractivity contribution is 5.92. The number of nitrogens with two attached hydrogens (primary N) is 1. The summed E-state index contributed by atoms with van der Waals surface area (Å²) in [6.07, 6.45) is 1.72. The van der Waals surface area contributed by atoms with Crippen molar-refractivity contribution in [2.45, 2.75) is 13.5 Å². The normalized spacial score (nSPS) is 10.3. The van der Waals surface area contributed by atoms with Crippen LogP contribution in [0.15, 0.2) is 18.3 Å². The Bertz CT molecular complexity index is 575. The Balaban J connectivity index is 1.99. The van der Waals surface area contributed by atoms with Crippen LogP contribution in [0.2, 0.25) is 0 Å². The number of carbonyl (C=O) groups excluding carboxylic acids is 1. The number of nitrogens with one attached hydrogen (secondary N) is 2. The van der Waals surface area contributed by atoms with Gasteiger partial charge in [0.05, 0.1) is 6.20 Å². The van der Waals surface area contributed by atoms with Crippen LogP contribution >= 0.6 is 0 Å². The molecule has 0 aliphatic heterocycles. The molecule has 2 heterocycles. The second-order valence-electron chi connectivity index (χ2n) is 4.01. The zero-order valence-corrected chi connectivity index (χ0v) is 10.7. The molecule has 2 aromatic heterocycles. The van der Waals surface area contributed by atoms with Gasteiger partial charge in [0, 0.05) is 24.8 Å². The third-order valence-electron chi connectivity index (χ3n) is 2.82. The van der Waals surface area contributed by atoms with E-state index >= 15 is 0 Å². The molecule has 0 bridgehead atoms. The smallest absolute Gasteiger partial charge is 0.272 e. The number of carbonyl (C=O) groups is 1. The maximum atomic E-state index is 11.8. The summed E-state index contributed by atoms with van der Waals surface area (Å²) in [6.45, 7) is 2.34. The second-order valence-corrected chi connectivity index (χ2v) is 4.01. The number of nitrogen functional groups attached to an aromatic ring is 1. The third-order valence-corrected chi connectivity index (χ3v) is 2.82. The van der Waals surface area contributed by atoms with Crippen LogP contribution in [0.3, 0.4) is 0 Å². The Hall–Kier alpha value is -2.48. The lowest BCUT2D eigenvalue weighted by atomic mass is 10.2. The molecule has 0 atom stereocenters. The molecule has 19 heavy (non-hydrogen) atoms. The molecular weight excluding hydrogens is 246 g/mol. The predicted molar refractivity (Wildman–Crippen MR) is 69.0 cm³/mol. The minimum Gasteiger partial charge on any atom is -0.346 e. The molecule has 0 aliphatic rings. The van der Waals surface area contributed by atoms with Crippen LogP contribution in [-0.4, -0.2) is 25.9 Å². The minimum atomic E-state index is -0.292. The van der Waals surface area contributed by atoms with Crippen molar-refractivity contribution in [1.29, 1.82) is 0 Å². The Morgan fingerprint density at radius 2 is 2.21 bits per heavy atom. The lowest BCUT2D eigenvalue weighted by Crippen LogP contribution is -2.24. The van der Waals surface area contributed by atoms with E-state index in [1.54, 1.807) is 23.0 Å². The van der Waals surface area contributed by atoms with E-state index in [1.165, 1.54) is 0 Å². The van der Waals surface area contributed by atoms with Crippen molar-refractivity contribution >= 4 is 11.7 Å². The molecule has 4 N–H and O–H groups in total. The molecule has 0 fully saturated rings. The fourth-order valence-corrected chi connectivity index (χ4v) is 1.51. The van der Waals surface area contributed by atoms with Gasteiger partial charge in [-0.25, -0.2) is 5.84 Å². The molecule has 0 spiro atoms. The van der Waals surface area contributed by atoms with Crippen LogP contribution in [0.25, 0.3) is 0 Å². The van der Waals surface area contributed by atoms with Crippen molar-refractivity contribution in [3.05, 3.63) is 35.3 Å². The number of hydrogen-bond acceptors (Lipinski definition) is 6. The lowest BCUT2D eigenvalue weighted by molar-refractivity contribution is 0.0945. The average Bonchev–Trinajstić information content (AvgIpc) is 2.76. The van der Waals surface area contributed by atoms with Crippen molar-refractivity contribution in [3.63, 3.8) is 0 Å². The average molecular weight is 261 g/mol. The summed E-state index contributed by atoms with van der Waals surface area (Å²) in [6, 6.07) is 3.13. The van der Waals surface area contributed by atoms with E-state index in [1.807, 2.05) is 14.0 Å². The second kappa shape index (κ2) is 5.44. The van der Waals surface area contributed by atoms with E-state index in [0.29, 0.717) is 12.4 Å². The Morgan fingerprint density at radius 1 is 1.42 bits per heavy atom. The first-order valence-corrected chi connectivity index (χ1v) is 5.68. The SMILES string of the molecule is Cc1c(CNC(=O)c2ccc(NN)nn2)cnn1C. The largest absolute Gasteiger partial charge is 0.346 e. The fraction of sp³-hybridized carbons (Fsp3) is 0.273. The number of rotatable bonds is 4. The monoisotopic (exact) mass is 261 g/mol. The van der Waals surface area contributed by atoms with E-state index in [2.05, 4.69) is 26.0 Å². The molecule has 0 radical (unpaired) electrons. The van der Waals surface area contributed by atoms with Gasteiger partial charge in [0.1, 0.15) is 0 Å². The van der Waals surface area contributed by atoms with Crippen LogP contribution in [-0.2, 0) is 13.6 Å². The highest BCUT2D eigenvalue weighted by atomic mass is 16.1. The van der Waals surface area contributed by atoms with Gasteiger partial charge in [-0.05, 0) is 19.1 Å². The summed E-state index contributed by atoms with van der Waals surface area (Å²) in [5.41, 5.74) is 4.55. The number of hydrazine groups is 1. The van der Waals surface area contributed by atoms with Gasteiger partial charge >= 0.3 is 0 Å². The summed E-state index contributed by atoms with van der Waals surface area (Å²) in [4.78, 5) is 11.8. The van der Waals surface area contributed by atoms with E-state index in [9.17, 15) is 4.79 Å². The molecule has 0 unspecified atom stereocenters. The van der Waals surface area contributed by atoms with Crippen molar-refractivity contribution < 1.29 is 4.79 Å². The fourth-order valence-electron chi connectivity index (χ4n) is 1.51. The predicted octanol–water partition coefficient (Wildman–Crippen LogP) is -0.266. The van der Waals surface area contributed by atoms with Crippen molar-refractivity contribution in [2.75, 3.05) is 5.43 Å². The molecule has 2 aromatic rings. The number of anilines is 1. The summed E-state index contributed by atoms with van der Waals surface area (Å²) in [7, 11) is 1.85. The molecule has 0 saturated heterocycles. The molecule has 0 saturated carbocycles. The number of hydrogen-bond donors (Lipinski definition) is 3. The highest BCUT2D eigenvalue weighted by Gasteiger charge is 2.09. The van der Waals surface area contributed by atoms with Crippen molar-refractivity contribution in [3.8, 4) is 0 Å². The van der Waals surface area contributed by atoms with Gasteiger partial charge < -0.3 is 10.7 Å². The standard InChI is InChI=1S/C11H15N7O/c1-7-8(6-14-18(7)2)5-13-11(19)9-3-4-10(15-12)17-16-9/h3-4,6H,5,12H2,1-2H3,(H,13,19)(H,15,17). The van der Waals surface area contributed by atoms with Crippen LogP contribution in [0, 0.1) is 6.92 Å². The van der Waals surface area contributed by atoms with Crippen molar-refractivity contribution in [2.24, 2.45) is 12.9 Å². The number of amides is 1. The first-order valence-electron chi connectivity index (χ1n) is 5.68. The Kier molecular flexibility index (Phi) is 3.71. The van der Waals surface area contributed by atoms with E-state index in [0.717, 1.165) is 11.3 Å². The third kappa shape index (κ3) is 2.86. The summed E-state index contributed by atoms with van der Waals surface area (Å²) in [5.74, 6) is 5.28. The summed E-state index contributed by atoms with van der Waals surface area (Å²) in [5, 5.41) is 14.4. The molecule has 8 nitrogen and oxygen atoms in total. The molecule has 8 heteroatoms. The first-order chi connectivity index (χ1) is 9.11. The minimum absolute atomic E-state index is 0.237. The van der Waals surface area contributed by atoms with Crippen molar-refractivity contribution in [1.82, 2.24) is 25.3 Å². The Labute approximate surface area is 110 Å². The van der Waals surface area contributed by atoms with Crippen LogP contribution in [0.4, 0.5) is 5.82 Å². The Morgan fingerprint density at radius 3 is 2.74 bits per heavy atom. The van der Waals surface area contributed by atoms with E-state index in [-0.39, 0.29) is 11.6 Å². The highest BCUT2D eigenvalue weighted by Crippen LogP contribution is 2.05. The van der Waals surface area contributed by atoms with Crippen LogP contribution < -0.4 is 16.6 Å². The lowest BCUT2D eigenvalue weighted by Gasteiger charge is -2.04. The van der Waals surface area contributed by atoms with Gasteiger partial charge in [0.2, 0.25) is 0 Å². The number of aromatic nitrogens is 4. The van der Waals surface area contributed by atoms with Gasteiger partial charge in [-0.2, -0.15) is 5.10 Å². The van der Waals surface area contributed by atoms with E-state index in [4.69, 9.17) is 5.84 Å². The quantitative estimate of drug-likeness (QED) is 0.516. The number of aryl methyl sites for hydroxylation is 1. The van der Waals surface area contributed by atoms with Crippen LogP contribution in [0.1, 0.15) is 21.7 Å². The zero-order chi connectivity index (χ0) is 13.8. The van der Waals surface area contributed by atoms with Gasteiger partial charge in [-0.1, -0.05) is 0 Å². The maximum absolute atomic E-state index is 11.8. The van der Waals surface area contributed by atoms with Gasteiger partial charge in [0.15, 0.2) is 11.5 Å². The van der Waals surface area contributed by atoms with Gasteiger partial charge in [0.25, 0.3) is 5.91 Å². The van der Waals surface area contributed by atoms with E-state index < -0.39 is 0 Å². The zero-order valence-electron chi connectivity index (χ0n) is 10.7. The molecule has 1 amide bonds. The van der Waals surface area contributed by atoms with Gasteiger partial charge in [-0.15, -0.1) is 10.2 Å². The molecule has 2 rings (SSSR count). The molecule has 100 valence electrons. The molecule has 0 aliphatic carbocycles. The molecular formula is C11H15N7O. The topological polar surface area (TPSA) is 111 Å².